The summed E-state index contributed by atoms with van der Waals surface area (Å²) in [4.78, 5) is 11.2. The van der Waals surface area contributed by atoms with Crippen LogP contribution in [0.15, 0.2) is 0 Å². The molecule has 1 unspecified atom stereocenters. The predicted octanol–water partition coefficient (Wildman–Crippen LogP) is 1.52. The summed E-state index contributed by atoms with van der Waals surface area (Å²) in [6.45, 7) is 1.92. The molecule has 0 aliphatic heterocycles. The molecule has 2 heteroatoms. The molecule has 1 aliphatic carbocycles. The van der Waals surface area contributed by atoms with Gasteiger partial charge in [-0.25, -0.2) is 0 Å². The topological polar surface area (TPSA) is 37.3 Å². The summed E-state index contributed by atoms with van der Waals surface area (Å²) in [6, 6.07) is 0. The van der Waals surface area contributed by atoms with Crippen molar-refractivity contribution in [2.45, 2.75) is 45.1 Å². The Hall–Kier alpha value is -0.370. The Morgan fingerprint density at radius 2 is 2.36 bits per heavy atom. The molecule has 1 fully saturated rings. The van der Waals surface area contributed by atoms with E-state index >= 15 is 0 Å². The number of carbonyl (C=O) groups is 1. The number of aliphatic hydroxyl groups excluding tert-OH is 1. The van der Waals surface area contributed by atoms with E-state index in [-0.39, 0.29) is 17.8 Å². The average Bonchev–Trinajstić information content (AvgIpc) is 2.04. The molecule has 0 radical (unpaired) electrons. The van der Waals surface area contributed by atoms with Crippen LogP contribution in [0, 0.1) is 5.92 Å². The number of Topliss-reactive ketones (excluding diaryl/α,β-unsaturated/α-hetero) is 1. The van der Waals surface area contributed by atoms with Crippen LogP contribution in [0.3, 0.4) is 0 Å². The summed E-state index contributed by atoms with van der Waals surface area (Å²) >= 11 is 0. The molecule has 0 heterocycles. The molecule has 2 atom stereocenters. The molecule has 0 amide bonds. The zero-order chi connectivity index (χ0) is 8.27. The van der Waals surface area contributed by atoms with Crippen LogP contribution in [0.1, 0.15) is 39.0 Å². The van der Waals surface area contributed by atoms with Crippen LogP contribution in [0.25, 0.3) is 0 Å². The third kappa shape index (κ3) is 2.03. The largest absolute Gasteiger partial charge is 0.392 e. The second-order valence-corrected chi connectivity index (χ2v) is 3.29. The van der Waals surface area contributed by atoms with Crippen LogP contribution in [-0.2, 0) is 4.79 Å². The standard InChI is InChI=1S/C9H16O2/c1-2-8(10)7-5-3-4-6-9(7)11/h7-8,10H,2-6H2,1H3/t7?,8-/m0/s1. The molecule has 1 saturated carbocycles. The van der Waals surface area contributed by atoms with Gasteiger partial charge in [-0.05, 0) is 19.3 Å². The Balaban J connectivity index is 2.47. The normalized spacial score (nSPS) is 28.5. The van der Waals surface area contributed by atoms with E-state index in [9.17, 15) is 9.90 Å². The molecule has 1 rings (SSSR count). The summed E-state index contributed by atoms with van der Waals surface area (Å²) in [6.07, 6.45) is 4.02. The molecule has 1 N–H and O–H groups in total. The van der Waals surface area contributed by atoms with Gasteiger partial charge in [-0.1, -0.05) is 13.3 Å². The summed E-state index contributed by atoms with van der Waals surface area (Å²) in [5.41, 5.74) is 0. The fraction of sp³-hybridized carbons (Fsp3) is 0.889. The van der Waals surface area contributed by atoms with Gasteiger partial charge in [0.1, 0.15) is 5.78 Å². The second-order valence-electron chi connectivity index (χ2n) is 3.29. The summed E-state index contributed by atoms with van der Waals surface area (Å²) in [7, 11) is 0. The lowest BCUT2D eigenvalue weighted by Gasteiger charge is -2.24. The zero-order valence-corrected chi connectivity index (χ0v) is 7.05. The molecule has 0 spiro atoms. The lowest BCUT2D eigenvalue weighted by molar-refractivity contribution is -0.128. The third-order valence-corrected chi connectivity index (χ3v) is 2.48. The van der Waals surface area contributed by atoms with Crippen LogP contribution in [-0.4, -0.2) is 17.0 Å². The fourth-order valence-electron chi connectivity index (χ4n) is 1.70. The van der Waals surface area contributed by atoms with Crippen LogP contribution >= 0.6 is 0 Å². The molecule has 0 aromatic carbocycles. The van der Waals surface area contributed by atoms with Crippen molar-refractivity contribution in [3.05, 3.63) is 0 Å². The average molecular weight is 156 g/mol. The van der Waals surface area contributed by atoms with Crippen molar-refractivity contribution in [1.82, 2.24) is 0 Å². The maximum atomic E-state index is 11.2. The lowest BCUT2D eigenvalue weighted by Crippen LogP contribution is -2.30. The van der Waals surface area contributed by atoms with Gasteiger partial charge in [0.15, 0.2) is 0 Å². The molecule has 0 aromatic rings. The quantitative estimate of drug-likeness (QED) is 0.658. The highest BCUT2D eigenvalue weighted by Gasteiger charge is 2.27. The first-order chi connectivity index (χ1) is 5.25. The minimum Gasteiger partial charge on any atom is -0.392 e. The Morgan fingerprint density at radius 1 is 1.64 bits per heavy atom. The number of hydrogen-bond acceptors (Lipinski definition) is 2. The zero-order valence-electron chi connectivity index (χ0n) is 7.05. The highest BCUT2D eigenvalue weighted by atomic mass is 16.3. The van der Waals surface area contributed by atoms with Gasteiger partial charge in [-0.15, -0.1) is 0 Å². The fourth-order valence-corrected chi connectivity index (χ4v) is 1.70. The van der Waals surface area contributed by atoms with Crippen molar-refractivity contribution in [1.29, 1.82) is 0 Å². The molecule has 2 nitrogen and oxygen atoms in total. The van der Waals surface area contributed by atoms with E-state index < -0.39 is 0 Å². The molecule has 0 saturated heterocycles. The van der Waals surface area contributed by atoms with Crippen LogP contribution < -0.4 is 0 Å². The third-order valence-electron chi connectivity index (χ3n) is 2.48. The highest BCUT2D eigenvalue weighted by Crippen LogP contribution is 2.24. The number of carbonyl (C=O) groups excluding carboxylic acids is 1. The highest BCUT2D eigenvalue weighted by molar-refractivity contribution is 5.82. The number of ketones is 1. The predicted molar refractivity (Wildman–Crippen MR) is 43.3 cm³/mol. The maximum Gasteiger partial charge on any atom is 0.138 e. The van der Waals surface area contributed by atoms with Crippen molar-refractivity contribution in [3.63, 3.8) is 0 Å². The van der Waals surface area contributed by atoms with Gasteiger partial charge in [0.05, 0.1) is 6.10 Å². The van der Waals surface area contributed by atoms with Crippen LogP contribution in [0.2, 0.25) is 0 Å². The molecule has 0 aromatic heterocycles. The van der Waals surface area contributed by atoms with Crippen LogP contribution in [0.5, 0.6) is 0 Å². The van der Waals surface area contributed by atoms with E-state index in [0.717, 1.165) is 19.3 Å². The van der Waals surface area contributed by atoms with Crippen molar-refractivity contribution in [2.75, 3.05) is 0 Å². The van der Waals surface area contributed by atoms with E-state index in [0.29, 0.717) is 12.8 Å². The van der Waals surface area contributed by atoms with Crippen molar-refractivity contribution < 1.29 is 9.90 Å². The summed E-state index contributed by atoms with van der Waals surface area (Å²) < 4.78 is 0. The second kappa shape index (κ2) is 3.86. The summed E-state index contributed by atoms with van der Waals surface area (Å²) in [5.74, 6) is 0.222. The van der Waals surface area contributed by atoms with Crippen LogP contribution in [0.4, 0.5) is 0 Å². The van der Waals surface area contributed by atoms with Gasteiger partial charge in [0.25, 0.3) is 0 Å². The molecule has 1 aliphatic rings. The van der Waals surface area contributed by atoms with Crippen molar-refractivity contribution in [3.8, 4) is 0 Å². The molecule has 0 bridgehead atoms. The Morgan fingerprint density at radius 3 is 2.91 bits per heavy atom. The van der Waals surface area contributed by atoms with Gasteiger partial charge in [-0.2, -0.15) is 0 Å². The number of hydrogen-bond donors (Lipinski definition) is 1. The van der Waals surface area contributed by atoms with E-state index in [1.54, 1.807) is 0 Å². The number of aliphatic hydroxyl groups is 1. The van der Waals surface area contributed by atoms with Gasteiger partial charge in [0, 0.05) is 12.3 Å². The Kier molecular flexibility index (Phi) is 3.06. The molecule has 64 valence electrons. The first-order valence-electron chi connectivity index (χ1n) is 4.46. The van der Waals surface area contributed by atoms with E-state index in [1.165, 1.54) is 0 Å². The smallest absolute Gasteiger partial charge is 0.138 e. The maximum absolute atomic E-state index is 11.2. The molecular formula is C9H16O2. The summed E-state index contributed by atoms with van der Waals surface area (Å²) in [5, 5.41) is 9.43. The van der Waals surface area contributed by atoms with E-state index in [2.05, 4.69) is 0 Å². The first kappa shape index (κ1) is 8.72. The Bertz CT molecular complexity index is 142. The first-order valence-corrected chi connectivity index (χ1v) is 4.46. The van der Waals surface area contributed by atoms with Crippen molar-refractivity contribution in [2.24, 2.45) is 5.92 Å². The lowest BCUT2D eigenvalue weighted by atomic mass is 9.83. The Labute approximate surface area is 67.6 Å². The van der Waals surface area contributed by atoms with Gasteiger partial charge < -0.3 is 5.11 Å². The van der Waals surface area contributed by atoms with Gasteiger partial charge in [-0.3, -0.25) is 4.79 Å². The SMILES string of the molecule is CC[C@H](O)C1CCCCC1=O. The van der Waals surface area contributed by atoms with Gasteiger partial charge in [0.2, 0.25) is 0 Å². The molecule has 11 heavy (non-hydrogen) atoms. The van der Waals surface area contributed by atoms with Gasteiger partial charge >= 0.3 is 0 Å². The minimum atomic E-state index is -0.386. The van der Waals surface area contributed by atoms with E-state index in [4.69, 9.17) is 0 Å². The van der Waals surface area contributed by atoms with Crippen molar-refractivity contribution >= 4 is 5.78 Å². The minimum absolute atomic E-state index is 0.0475. The molecular weight excluding hydrogens is 140 g/mol. The number of rotatable bonds is 2. The van der Waals surface area contributed by atoms with E-state index in [1.807, 2.05) is 6.92 Å². The monoisotopic (exact) mass is 156 g/mol.